The van der Waals surface area contributed by atoms with Gasteiger partial charge in [0.15, 0.2) is 0 Å². The maximum Gasteiger partial charge on any atom is 0.125 e. The third kappa shape index (κ3) is 12.6. The molecule has 3 rings (SSSR count). The van der Waals surface area contributed by atoms with Gasteiger partial charge < -0.3 is 0 Å². The van der Waals surface area contributed by atoms with Crippen LogP contribution in [0.25, 0.3) is 0 Å². The lowest BCUT2D eigenvalue weighted by Crippen LogP contribution is -2.08. The molecule has 2 heterocycles. The first-order valence-electron chi connectivity index (χ1n) is 10.0. The molecule has 3 heteroatoms. The van der Waals surface area contributed by atoms with Gasteiger partial charge >= 0.3 is 0 Å². The van der Waals surface area contributed by atoms with Gasteiger partial charge in [-0.2, -0.15) is 0 Å². The third-order valence-electron chi connectivity index (χ3n) is 4.27. The number of aromatic nitrogens is 3. The summed E-state index contributed by atoms with van der Waals surface area (Å²) in [5, 5.41) is 0. The van der Waals surface area contributed by atoms with Crippen molar-refractivity contribution >= 4 is 0 Å². The number of hydrogen-bond donors (Lipinski definition) is 0. The lowest BCUT2D eigenvalue weighted by atomic mass is 9.84. The average Bonchev–Trinajstić information content (AvgIpc) is 2.65. The molecule has 0 bridgehead atoms. The predicted molar refractivity (Wildman–Crippen MR) is 113 cm³/mol. The fourth-order valence-corrected chi connectivity index (χ4v) is 2.43. The average molecular weight is 358 g/mol. The quantitative estimate of drug-likeness (QED) is 0.529. The van der Waals surface area contributed by atoms with Gasteiger partial charge in [0.05, 0.1) is 0 Å². The molecule has 0 amide bonds. The molecule has 1 saturated carbocycles. The van der Waals surface area contributed by atoms with Gasteiger partial charge in [0, 0.05) is 24.3 Å². The molecule has 3 nitrogen and oxygen atoms in total. The van der Waals surface area contributed by atoms with E-state index in [2.05, 4.69) is 34.9 Å². The van der Waals surface area contributed by atoms with E-state index in [1.807, 2.05) is 66.2 Å². The van der Waals surface area contributed by atoms with Crippen LogP contribution < -0.4 is 0 Å². The zero-order valence-electron chi connectivity index (χ0n) is 18.2. The molecule has 0 aromatic carbocycles. The van der Waals surface area contributed by atoms with Crippen LogP contribution in [0.5, 0.6) is 0 Å². The van der Waals surface area contributed by atoms with Crippen molar-refractivity contribution < 1.29 is 0 Å². The Balaban J connectivity index is 0.000000344. The van der Waals surface area contributed by atoms with Crippen LogP contribution >= 0.6 is 0 Å². The molecule has 2 aromatic rings. The molecule has 0 atom stereocenters. The molecule has 1 fully saturated rings. The first-order valence-corrected chi connectivity index (χ1v) is 10.0. The van der Waals surface area contributed by atoms with Gasteiger partial charge in [0.25, 0.3) is 0 Å². The summed E-state index contributed by atoms with van der Waals surface area (Å²) in [4.78, 5) is 12.0. The van der Waals surface area contributed by atoms with Gasteiger partial charge in [-0.05, 0) is 56.7 Å². The van der Waals surface area contributed by atoms with Gasteiger partial charge in [-0.25, -0.2) is 9.97 Å². The van der Waals surface area contributed by atoms with Crippen molar-refractivity contribution in [1.29, 1.82) is 0 Å². The Labute approximate surface area is 161 Å². The van der Waals surface area contributed by atoms with E-state index in [1.54, 1.807) is 0 Å². The number of rotatable bonds is 0. The van der Waals surface area contributed by atoms with E-state index in [1.165, 1.54) is 31.2 Å². The molecule has 26 heavy (non-hydrogen) atoms. The summed E-state index contributed by atoms with van der Waals surface area (Å²) in [7, 11) is 0. The molecule has 1 aliphatic carbocycles. The monoisotopic (exact) mass is 357 g/mol. The minimum absolute atomic E-state index is 0.829. The molecule has 1 aliphatic rings. The summed E-state index contributed by atoms with van der Waals surface area (Å²) in [5.41, 5.74) is 3.40. The van der Waals surface area contributed by atoms with Gasteiger partial charge in [-0.3, -0.25) is 4.98 Å². The van der Waals surface area contributed by atoms with Crippen molar-refractivity contribution in [2.75, 3.05) is 0 Å². The number of pyridine rings is 1. The van der Waals surface area contributed by atoms with E-state index in [9.17, 15) is 0 Å². The van der Waals surface area contributed by atoms with E-state index in [0.717, 1.165) is 28.9 Å². The lowest BCUT2D eigenvalue weighted by Gasteiger charge is -2.22. The Kier molecular flexibility index (Phi) is 13.4. The summed E-state index contributed by atoms with van der Waals surface area (Å²) in [6.07, 6.45) is 11.4. The van der Waals surface area contributed by atoms with Crippen molar-refractivity contribution in [2.45, 2.75) is 81.1 Å². The molecule has 0 unspecified atom stereocenters. The summed E-state index contributed by atoms with van der Waals surface area (Å²) in [6, 6.07) is 4.07. The second kappa shape index (κ2) is 14.4. The van der Waals surface area contributed by atoms with Gasteiger partial charge in [-0.15, -0.1) is 0 Å². The molecule has 146 valence electrons. The number of aryl methyl sites for hydroxylation is 4. The second-order valence-electron chi connectivity index (χ2n) is 7.15. The maximum atomic E-state index is 4.08. The van der Waals surface area contributed by atoms with Crippen LogP contribution in [0.3, 0.4) is 0 Å². The molecular weight excluding hydrogens is 318 g/mol. The van der Waals surface area contributed by atoms with E-state index >= 15 is 0 Å². The van der Waals surface area contributed by atoms with Crippen LogP contribution in [0.4, 0.5) is 0 Å². The maximum absolute atomic E-state index is 4.08. The fourth-order valence-electron chi connectivity index (χ4n) is 2.43. The summed E-state index contributed by atoms with van der Waals surface area (Å²) in [5.74, 6) is 2.87. The van der Waals surface area contributed by atoms with Gasteiger partial charge in [-0.1, -0.05) is 59.4 Å². The van der Waals surface area contributed by atoms with E-state index in [-0.39, 0.29) is 0 Å². The molecule has 0 spiro atoms. The SMILES string of the molecule is CC.CC1CCC(C)CC1.Cc1ccc(C)nc1.Cc1cnc(C)nc1. The van der Waals surface area contributed by atoms with Crippen molar-refractivity contribution in [1.82, 2.24) is 15.0 Å². The van der Waals surface area contributed by atoms with Crippen LogP contribution in [0.2, 0.25) is 0 Å². The molecule has 0 N–H and O–H groups in total. The Morgan fingerprint density at radius 2 is 1.08 bits per heavy atom. The van der Waals surface area contributed by atoms with Crippen LogP contribution in [0.15, 0.2) is 30.7 Å². The normalized spacial score (nSPS) is 18.2. The molecule has 0 aliphatic heterocycles. The van der Waals surface area contributed by atoms with Crippen molar-refractivity contribution in [3.63, 3.8) is 0 Å². The number of nitrogens with zero attached hydrogens (tertiary/aromatic N) is 3. The van der Waals surface area contributed by atoms with Gasteiger partial charge in [0.2, 0.25) is 0 Å². The highest BCUT2D eigenvalue weighted by Gasteiger charge is 2.13. The Bertz CT molecular complexity index is 458. The van der Waals surface area contributed by atoms with Crippen molar-refractivity contribution in [2.24, 2.45) is 11.8 Å². The summed E-state index contributed by atoms with van der Waals surface area (Å²) < 4.78 is 0. The first-order chi connectivity index (χ1) is 12.4. The largest absolute Gasteiger partial charge is 0.261 e. The van der Waals surface area contributed by atoms with E-state index in [4.69, 9.17) is 0 Å². The third-order valence-corrected chi connectivity index (χ3v) is 4.27. The number of hydrogen-bond acceptors (Lipinski definition) is 3. The highest BCUT2D eigenvalue weighted by molar-refractivity contribution is 5.10. The van der Waals surface area contributed by atoms with Crippen LogP contribution in [0.1, 0.15) is 76.0 Å². The van der Waals surface area contributed by atoms with E-state index in [0.29, 0.717) is 0 Å². The Morgan fingerprint density at radius 1 is 0.654 bits per heavy atom. The summed E-state index contributed by atoms with van der Waals surface area (Å²) >= 11 is 0. The summed E-state index contributed by atoms with van der Waals surface area (Å²) in [6.45, 7) is 16.6. The van der Waals surface area contributed by atoms with Crippen LogP contribution in [-0.2, 0) is 0 Å². The van der Waals surface area contributed by atoms with Crippen LogP contribution in [0, 0.1) is 39.5 Å². The fraction of sp³-hybridized carbons (Fsp3) is 0.609. The topological polar surface area (TPSA) is 38.7 Å². The molecule has 2 aromatic heterocycles. The lowest BCUT2D eigenvalue weighted by molar-refractivity contribution is 0.308. The highest BCUT2D eigenvalue weighted by Crippen LogP contribution is 2.27. The van der Waals surface area contributed by atoms with E-state index < -0.39 is 0 Å². The molecular formula is C23H39N3. The molecule has 0 saturated heterocycles. The minimum atomic E-state index is 0.829. The molecule has 0 radical (unpaired) electrons. The standard InChI is InChI=1S/C8H16.C7H9N.C6H8N2.C2H6/c1-7-3-5-8(2)6-4-7;1-6-3-4-7(2)8-5-6;1-5-3-7-6(2)8-4-5;1-2/h7-8H,3-6H2,1-2H3;3-5H,1-2H3;3-4H,1-2H3;1-2H3. The van der Waals surface area contributed by atoms with Gasteiger partial charge in [0.1, 0.15) is 5.82 Å². The van der Waals surface area contributed by atoms with Crippen molar-refractivity contribution in [3.8, 4) is 0 Å². The van der Waals surface area contributed by atoms with Crippen LogP contribution in [-0.4, -0.2) is 15.0 Å². The predicted octanol–water partition coefficient (Wildman–Crippen LogP) is 6.65. The Morgan fingerprint density at radius 3 is 1.38 bits per heavy atom. The Hall–Kier alpha value is -1.77. The zero-order valence-corrected chi connectivity index (χ0v) is 18.2. The second-order valence-corrected chi connectivity index (χ2v) is 7.15. The minimum Gasteiger partial charge on any atom is -0.261 e. The smallest absolute Gasteiger partial charge is 0.125 e. The first kappa shape index (κ1) is 24.2. The van der Waals surface area contributed by atoms with Crippen molar-refractivity contribution in [3.05, 3.63) is 53.4 Å². The zero-order chi connectivity index (χ0) is 19.9. The highest BCUT2D eigenvalue weighted by atomic mass is 14.8.